The van der Waals surface area contributed by atoms with Gasteiger partial charge in [0.15, 0.2) is 17.3 Å². The number of amides is 1. The van der Waals surface area contributed by atoms with E-state index in [-0.39, 0.29) is 42.6 Å². The van der Waals surface area contributed by atoms with Crippen LogP contribution in [-0.2, 0) is 11.3 Å². The summed E-state index contributed by atoms with van der Waals surface area (Å²) in [5.41, 5.74) is 0.613. The van der Waals surface area contributed by atoms with Gasteiger partial charge in [0.25, 0.3) is 0 Å². The zero-order valence-corrected chi connectivity index (χ0v) is 16.1. The second kappa shape index (κ2) is 9.45. The summed E-state index contributed by atoms with van der Waals surface area (Å²) >= 11 is 1.41. The highest BCUT2D eigenvalue weighted by molar-refractivity contribution is 7.14. The van der Waals surface area contributed by atoms with Gasteiger partial charge in [-0.15, -0.1) is 11.3 Å². The lowest BCUT2D eigenvalue weighted by Gasteiger charge is -2.18. The maximum atomic E-state index is 12.5. The van der Waals surface area contributed by atoms with Crippen molar-refractivity contribution in [3.05, 3.63) is 45.6 Å². The molecule has 146 valence electrons. The smallest absolute Gasteiger partial charge is 0.387 e. The molecule has 0 saturated heterocycles. The fourth-order valence-corrected chi connectivity index (χ4v) is 3.32. The van der Waals surface area contributed by atoms with Crippen molar-refractivity contribution in [3.8, 4) is 11.5 Å². The van der Waals surface area contributed by atoms with Crippen molar-refractivity contribution in [3.63, 3.8) is 0 Å². The summed E-state index contributed by atoms with van der Waals surface area (Å²) in [7, 11) is 2.95. The Hall–Kier alpha value is -2.48. The van der Waals surface area contributed by atoms with Crippen LogP contribution < -0.4 is 9.47 Å². The van der Waals surface area contributed by atoms with E-state index in [1.54, 1.807) is 19.2 Å². The molecule has 1 aromatic heterocycles. The number of methoxy groups -OCH3 is 1. The lowest BCUT2D eigenvalue weighted by atomic mass is 10.1. The van der Waals surface area contributed by atoms with Crippen LogP contribution in [0.2, 0.25) is 0 Å². The Morgan fingerprint density at radius 2 is 1.89 bits per heavy atom. The Morgan fingerprint density at radius 3 is 2.48 bits per heavy atom. The van der Waals surface area contributed by atoms with Gasteiger partial charge in [-0.3, -0.25) is 9.59 Å². The van der Waals surface area contributed by atoms with Gasteiger partial charge in [0.2, 0.25) is 5.91 Å². The molecule has 1 aromatic carbocycles. The Bertz CT molecular complexity index is 807. The summed E-state index contributed by atoms with van der Waals surface area (Å²) in [4.78, 5) is 27.5. The molecule has 0 fully saturated rings. The summed E-state index contributed by atoms with van der Waals surface area (Å²) < 4.78 is 34.4. The molecular formula is C19H21F2NO4S. The number of ketones is 1. The Labute approximate surface area is 160 Å². The van der Waals surface area contributed by atoms with Gasteiger partial charge in [-0.05, 0) is 36.8 Å². The number of carbonyl (C=O) groups is 2. The SMILES string of the molecule is COc1ccc(CN(C)C(=O)CCC(=O)c2ccc(C)s2)cc1OC(F)F. The molecule has 0 unspecified atom stereocenters. The molecule has 27 heavy (non-hydrogen) atoms. The van der Waals surface area contributed by atoms with Crippen LogP contribution in [-0.4, -0.2) is 37.4 Å². The van der Waals surface area contributed by atoms with Crippen molar-refractivity contribution in [2.75, 3.05) is 14.2 Å². The number of rotatable bonds is 9. The fourth-order valence-electron chi connectivity index (χ4n) is 2.49. The highest BCUT2D eigenvalue weighted by Gasteiger charge is 2.16. The van der Waals surface area contributed by atoms with E-state index in [0.29, 0.717) is 10.4 Å². The van der Waals surface area contributed by atoms with Gasteiger partial charge < -0.3 is 14.4 Å². The van der Waals surface area contributed by atoms with Crippen LogP contribution in [0.1, 0.15) is 33.0 Å². The van der Waals surface area contributed by atoms with E-state index >= 15 is 0 Å². The number of thiophene rings is 1. The maximum Gasteiger partial charge on any atom is 0.387 e. The lowest BCUT2D eigenvalue weighted by Crippen LogP contribution is -2.26. The van der Waals surface area contributed by atoms with E-state index in [9.17, 15) is 18.4 Å². The molecule has 5 nitrogen and oxygen atoms in total. The van der Waals surface area contributed by atoms with Gasteiger partial charge in [-0.1, -0.05) is 6.07 Å². The largest absolute Gasteiger partial charge is 0.493 e. The molecule has 0 aliphatic heterocycles. The lowest BCUT2D eigenvalue weighted by molar-refractivity contribution is -0.130. The first kappa shape index (κ1) is 20.8. The number of ether oxygens (including phenoxy) is 2. The molecular weight excluding hydrogens is 376 g/mol. The predicted molar refractivity (Wildman–Crippen MR) is 98.7 cm³/mol. The summed E-state index contributed by atoms with van der Waals surface area (Å²) in [5, 5.41) is 0. The van der Waals surface area contributed by atoms with Crippen molar-refractivity contribution in [2.24, 2.45) is 0 Å². The Balaban J connectivity index is 1.94. The molecule has 1 amide bonds. The number of hydrogen-bond donors (Lipinski definition) is 0. The highest BCUT2D eigenvalue weighted by Crippen LogP contribution is 2.30. The van der Waals surface area contributed by atoms with Crippen LogP contribution in [0.25, 0.3) is 0 Å². The Morgan fingerprint density at radius 1 is 1.15 bits per heavy atom. The third kappa shape index (κ3) is 6.02. The molecule has 1 heterocycles. The van der Waals surface area contributed by atoms with Gasteiger partial charge >= 0.3 is 6.61 Å². The summed E-state index contributed by atoms with van der Waals surface area (Å²) in [6, 6.07) is 8.22. The zero-order valence-electron chi connectivity index (χ0n) is 15.3. The van der Waals surface area contributed by atoms with Crippen LogP contribution in [0.3, 0.4) is 0 Å². The van der Waals surface area contributed by atoms with Gasteiger partial charge in [0, 0.05) is 31.3 Å². The van der Waals surface area contributed by atoms with Crippen molar-refractivity contribution in [1.82, 2.24) is 4.90 Å². The summed E-state index contributed by atoms with van der Waals surface area (Å²) in [5.74, 6) is -0.172. The van der Waals surface area contributed by atoms with E-state index < -0.39 is 6.61 Å². The standard InChI is InChI=1S/C19H21F2NO4S/c1-12-4-8-17(27-12)14(23)6-9-18(24)22(2)11-13-5-7-15(25-3)16(10-13)26-19(20)21/h4-5,7-8,10,19H,6,9,11H2,1-3H3. The van der Waals surface area contributed by atoms with Crippen molar-refractivity contribution in [2.45, 2.75) is 32.9 Å². The molecule has 2 rings (SSSR count). The first-order valence-electron chi connectivity index (χ1n) is 8.25. The highest BCUT2D eigenvalue weighted by atomic mass is 32.1. The quantitative estimate of drug-likeness (QED) is 0.593. The number of halogens is 2. The number of nitrogens with zero attached hydrogens (tertiary/aromatic N) is 1. The van der Waals surface area contributed by atoms with Gasteiger partial charge in [-0.2, -0.15) is 8.78 Å². The molecule has 0 radical (unpaired) electrons. The summed E-state index contributed by atoms with van der Waals surface area (Å²) in [6.07, 6.45) is 0.217. The fraction of sp³-hybridized carbons (Fsp3) is 0.368. The van der Waals surface area contributed by atoms with Gasteiger partial charge in [-0.25, -0.2) is 0 Å². The predicted octanol–water partition coefficient (Wildman–Crippen LogP) is 4.29. The second-order valence-electron chi connectivity index (χ2n) is 5.95. The van der Waals surface area contributed by atoms with Crippen molar-refractivity contribution >= 4 is 23.0 Å². The van der Waals surface area contributed by atoms with Crippen LogP contribution in [0.5, 0.6) is 11.5 Å². The van der Waals surface area contributed by atoms with Crippen LogP contribution in [0, 0.1) is 6.92 Å². The number of carbonyl (C=O) groups excluding carboxylic acids is 2. The van der Waals surface area contributed by atoms with Gasteiger partial charge in [0.05, 0.1) is 12.0 Å². The topological polar surface area (TPSA) is 55.8 Å². The van der Waals surface area contributed by atoms with Gasteiger partial charge in [0.1, 0.15) is 0 Å². The zero-order chi connectivity index (χ0) is 20.0. The number of Topliss-reactive ketones (excluding diaryl/α,β-unsaturated/α-hetero) is 1. The molecule has 0 spiro atoms. The minimum atomic E-state index is -2.97. The maximum absolute atomic E-state index is 12.5. The summed E-state index contributed by atoms with van der Waals surface area (Å²) in [6.45, 7) is -0.851. The average molecular weight is 397 g/mol. The van der Waals surface area contributed by atoms with E-state index in [1.807, 2.05) is 13.0 Å². The second-order valence-corrected chi connectivity index (χ2v) is 7.23. The number of benzene rings is 1. The molecule has 0 atom stereocenters. The first-order chi connectivity index (χ1) is 12.8. The van der Waals surface area contributed by atoms with E-state index in [2.05, 4.69) is 4.74 Å². The van der Waals surface area contributed by atoms with Crippen LogP contribution in [0.4, 0.5) is 8.78 Å². The molecule has 8 heteroatoms. The number of aryl methyl sites for hydroxylation is 1. The first-order valence-corrected chi connectivity index (χ1v) is 9.07. The monoisotopic (exact) mass is 397 g/mol. The van der Waals surface area contributed by atoms with Crippen LogP contribution in [0.15, 0.2) is 30.3 Å². The molecule has 0 bridgehead atoms. The van der Waals surface area contributed by atoms with Crippen LogP contribution >= 0.6 is 11.3 Å². The molecule has 0 aliphatic rings. The average Bonchev–Trinajstić information content (AvgIpc) is 3.05. The van der Waals surface area contributed by atoms with E-state index in [0.717, 1.165) is 4.88 Å². The molecule has 0 aliphatic carbocycles. The normalized spacial score (nSPS) is 10.7. The minimum absolute atomic E-state index is 0.0630. The van der Waals surface area contributed by atoms with E-state index in [1.165, 1.54) is 35.5 Å². The Kier molecular flexibility index (Phi) is 7.29. The molecule has 0 saturated carbocycles. The molecule has 0 N–H and O–H groups in total. The number of hydrogen-bond acceptors (Lipinski definition) is 5. The third-order valence-corrected chi connectivity index (χ3v) is 4.91. The van der Waals surface area contributed by atoms with Crippen molar-refractivity contribution < 1.29 is 27.8 Å². The third-order valence-electron chi connectivity index (χ3n) is 3.87. The van der Waals surface area contributed by atoms with Crippen molar-refractivity contribution in [1.29, 1.82) is 0 Å². The minimum Gasteiger partial charge on any atom is -0.493 e. The van der Waals surface area contributed by atoms with E-state index in [4.69, 9.17) is 4.74 Å². The molecule has 2 aromatic rings. The number of alkyl halides is 2.